The fourth-order valence-electron chi connectivity index (χ4n) is 1.63. The van der Waals surface area contributed by atoms with Gasteiger partial charge in [0.25, 0.3) is 0 Å². The lowest BCUT2D eigenvalue weighted by Gasteiger charge is -2.27. The van der Waals surface area contributed by atoms with E-state index in [1.54, 1.807) is 7.11 Å². The molecule has 1 heterocycles. The van der Waals surface area contributed by atoms with Crippen molar-refractivity contribution in [2.45, 2.75) is 41.2 Å². The quantitative estimate of drug-likeness (QED) is 0.871. The summed E-state index contributed by atoms with van der Waals surface area (Å²) < 4.78 is 5.25. The molecule has 0 spiro atoms. The van der Waals surface area contributed by atoms with Crippen LogP contribution in [0, 0.1) is 18.3 Å². The van der Waals surface area contributed by atoms with Crippen LogP contribution in [0.1, 0.15) is 39.1 Å². The van der Waals surface area contributed by atoms with Gasteiger partial charge in [0, 0.05) is 24.4 Å². The molecule has 3 heteroatoms. The van der Waals surface area contributed by atoms with E-state index < -0.39 is 0 Å². The summed E-state index contributed by atoms with van der Waals surface area (Å²) in [6, 6.07) is 3.93. The van der Waals surface area contributed by atoms with Crippen LogP contribution in [0.4, 0.5) is 0 Å². The van der Waals surface area contributed by atoms with Crippen molar-refractivity contribution < 1.29 is 4.74 Å². The molecule has 1 atom stereocenters. The summed E-state index contributed by atoms with van der Waals surface area (Å²) in [5.41, 5.74) is 2.37. The number of hydrogen-bond acceptors (Lipinski definition) is 3. The molecule has 0 radical (unpaired) electrons. The first-order chi connectivity index (χ1) is 8.32. The maximum absolute atomic E-state index is 5.25. The predicted octanol–water partition coefficient (Wildman–Crippen LogP) is 3.17. The van der Waals surface area contributed by atoms with Gasteiger partial charge in [-0.25, -0.2) is 0 Å². The summed E-state index contributed by atoms with van der Waals surface area (Å²) >= 11 is 0. The third-order valence-corrected chi connectivity index (χ3v) is 3.45. The van der Waals surface area contributed by atoms with Crippen LogP contribution in [0.3, 0.4) is 0 Å². The van der Waals surface area contributed by atoms with Gasteiger partial charge in [-0.2, -0.15) is 0 Å². The molecule has 1 unspecified atom stereocenters. The smallest absolute Gasteiger partial charge is 0.122 e. The highest BCUT2D eigenvalue weighted by Crippen LogP contribution is 2.24. The highest BCUT2D eigenvalue weighted by Gasteiger charge is 2.19. The third kappa shape index (κ3) is 4.65. The number of aryl methyl sites for hydroxylation is 1. The second-order valence-corrected chi connectivity index (χ2v) is 6.04. The molecular formula is C15H26N2O. The summed E-state index contributed by atoms with van der Waals surface area (Å²) in [6.45, 7) is 12.9. The Morgan fingerprint density at radius 3 is 2.56 bits per heavy atom. The van der Waals surface area contributed by atoms with Crippen molar-refractivity contribution in [3.63, 3.8) is 0 Å². The summed E-state index contributed by atoms with van der Waals surface area (Å²) in [5, 5.41) is 3.47. The third-order valence-electron chi connectivity index (χ3n) is 3.45. The van der Waals surface area contributed by atoms with Crippen molar-refractivity contribution in [2.75, 3.05) is 13.7 Å². The van der Waals surface area contributed by atoms with Gasteiger partial charge in [-0.05, 0) is 24.8 Å². The van der Waals surface area contributed by atoms with Gasteiger partial charge in [-0.1, -0.05) is 27.7 Å². The van der Waals surface area contributed by atoms with Gasteiger partial charge in [-0.15, -0.1) is 0 Å². The molecule has 1 aromatic heterocycles. The first-order valence-electron chi connectivity index (χ1n) is 6.55. The van der Waals surface area contributed by atoms with E-state index in [2.05, 4.69) is 38.0 Å². The molecule has 0 aliphatic rings. The molecule has 1 rings (SSSR count). The predicted molar refractivity (Wildman–Crippen MR) is 75.9 cm³/mol. The fourth-order valence-corrected chi connectivity index (χ4v) is 1.63. The fraction of sp³-hybridized carbons (Fsp3) is 0.667. The van der Waals surface area contributed by atoms with E-state index in [0.717, 1.165) is 30.2 Å². The second kappa shape index (κ2) is 6.19. The summed E-state index contributed by atoms with van der Waals surface area (Å²) in [6.07, 6.45) is 0. The topological polar surface area (TPSA) is 34.1 Å². The first kappa shape index (κ1) is 15.0. The van der Waals surface area contributed by atoms with Gasteiger partial charge in [0.2, 0.25) is 0 Å². The van der Waals surface area contributed by atoms with Crippen LogP contribution in [0.5, 0.6) is 5.75 Å². The normalized spacial score (nSPS) is 13.4. The molecule has 0 saturated heterocycles. The van der Waals surface area contributed by atoms with Crippen molar-refractivity contribution in [1.82, 2.24) is 10.3 Å². The van der Waals surface area contributed by atoms with Crippen molar-refractivity contribution in [2.24, 2.45) is 11.3 Å². The maximum Gasteiger partial charge on any atom is 0.122 e. The zero-order valence-corrected chi connectivity index (χ0v) is 12.5. The largest absolute Gasteiger partial charge is 0.497 e. The molecule has 102 valence electrons. The minimum Gasteiger partial charge on any atom is -0.497 e. The molecule has 0 amide bonds. The molecule has 3 nitrogen and oxygen atoms in total. The van der Waals surface area contributed by atoms with Gasteiger partial charge < -0.3 is 10.1 Å². The molecule has 0 fully saturated rings. The number of ether oxygens (including phenoxy) is 1. The highest BCUT2D eigenvalue weighted by molar-refractivity contribution is 5.26. The molecular weight excluding hydrogens is 224 g/mol. The molecule has 18 heavy (non-hydrogen) atoms. The summed E-state index contributed by atoms with van der Waals surface area (Å²) in [5.74, 6) is 1.51. The van der Waals surface area contributed by atoms with Crippen LogP contribution in [0.2, 0.25) is 0 Å². The Morgan fingerprint density at radius 2 is 2.00 bits per heavy atom. The number of rotatable bonds is 5. The second-order valence-electron chi connectivity index (χ2n) is 6.04. The van der Waals surface area contributed by atoms with E-state index in [-0.39, 0.29) is 0 Å². The van der Waals surface area contributed by atoms with Crippen molar-refractivity contribution in [3.8, 4) is 5.75 Å². The van der Waals surface area contributed by atoms with Crippen LogP contribution >= 0.6 is 0 Å². The van der Waals surface area contributed by atoms with E-state index in [4.69, 9.17) is 4.74 Å². The standard InChI is InChI=1S/C15H26N2O/c1-11(15(3,4)5)9-16-10-13-8-14(18-6)7-12(2)17-13/h7-8,11,16H,9-10H2,1-6H3. The van der Waals surface area contributed by atoms with Crippen molar-refractivity contribution >= 4 is 0 Å². The van der Waals surface area contributed by atoms with E-state index in [0.29, 0.717) is 11.3 Å². The lowest BCUT2D eigenvalue weighted by Crippen LogP contribution is -2.29. The monoisotopic (exact) mass is 250 g/mol. The summed E-state index contributed by atoms with van der Waals surface area (Å²) in [7, 11) is 1.69. The average molecular weight is 250 g/mol. The highest BCUT2D eigenvalue weighted by atomic mass is 16.5. The van der Waals surface area contributed by atoms with Crippen LogP contribution in [0.15, 0.2) is 12.1 Å². The van der Waals surface area contributed by atoms with Gasteiger partial charge in [0.05, 0.1) is 12.8 Å². The van der Waals surface area contributed by atoms with Crippen LogP contribution < -0.4 is 10.1 Å². The average Bonchev–Trinajstić information content (AvgIpc) is 2.26. The van der Waals surface area contributed by atoms with E-state index >= 15 is 0 Å². The van der Waals surface area contributed by atoms with E-state index in [9.17, 15) is 0 Å². The molecule has 0 aliphatic heterocycles. The minimum atomic E-state index is 0.338. The number of nitrogens with zero attached hydrogens (tertiary/aromatic N) is 1. The summed E-state index contributed by atoms with van der Waals surface area (Å²) in [4.78, 5) is 4.50. The Kier molecular flexibility index (Phi) is 5.15. The van der Waals surface area contributed by atoms with Gasteiger partial charge in [0.15, 0.2) is 0 Å². The number of pyridine rings is 1. The number of hydrogen-bond donors (Lipinski definition) is 1. The lowest BCUT2D eigenvalue weighted by molar-refractivity contribution is 0.252. The van der Waals surface area contributed by atoms with Crippen LogP contribution in [-0.2, 0) is 6.54 Å². The molecule has 0 aliphatic carbocycles. The van der Waals surface area contributed by atoms with Crippen LogP contribution in [-0.4, -0.2) is 18.6 Å². The van der Waals surface area contributed by atoms with Gasteiger partial charge in [-0.3, -0.25) is 4.98 Å². The van der Waals surface area contributed by atoms with Gasteiger partial charge in [0.1, 0.15) is 5.75 Å². The number of aromatic nitrogens is 1. The Morgan fingerprint density at radius 1 is 1.33 bits per heavy atom. The molecule has 0 bridgehead atoms. The van der Waals surface area contributed by atoms with Crippen LogP contribution in [0.25, 0.3) is 0 Å². The molecule has 0 saturated carbocycles. The van der Waals surface area contributed by atoms with Gasteiger partial charge >= 0.3 is 0 Å². The SMILES string of the molecule is COc1cc(C)nc(CNCC(C)C(C)(C)C)c1. The maximum atomic E-state index is 5.25. The Labute approximate surface area is 111 Å². The van der Waals surface area contributed by atoms with E-state index in [1.807, 2.05) is 19.1 Å². The zero-order chi connectivity index (χ0) is 13.8. The number of nitrogens with one attached hydrogen (secondary N) is 1. The van der Waals surface area contributed by atoms with E-state index in [1.165, 1.54) is 0 Å². The molecule has 1 N–H and O–H groups in total. The minimum absolute atomic E-state index is 0.338. The molecule has 0 aromatic carbocycles. The first-order valence-corrected chi connectivity index (χ1v) is 6.55. The zero-order valence-electron chi connectivity index (χ0n) is 12.5. The lowest BCUT2D eigenvalue weighted by atomic mass is 9.82. The molecule has 1 aromatic rings. The van der Waals surface area contributed by atoms with Crippen molar-refractivity contribution in [3.05, 3.63) is 23.5 Å². The Bertz CT molecular complexity index is 383. The Hall–Kier alpha value is -1.09. The van der Waals surface area contributed by atoms with Crippen molar-refractivity contribution in [1.29, 1.82) is 0 Å². The number of methoxy groups -OCH3 is 1. The Balaban J connectivity index is 2.51.